The minimum atomic E-state index is -3.21. The monoisotopic (exact) mass is 246 g/mol. The number of likely N-dealkylation sites (tertiary alicyclic amines) is 1. The molecule has 0 saturated carbocycles. The van der Waals surface area contributed by atoms with Gasteiger partial charge < -0.3 is 10.6 Å². The molecule has 16 heavy (non-hydrogen) atoms. The number of hydrogen-bond acceptors (Lipinski definition) is 4. The van der Waals surface area contributed by atoms with E-state index in [1.54, 1.807) is 4.90 Å². The Morgan fingerprint density at radius 3 is 2.50 bits per heavy atom. The van der Waals surface area contributed by atoms with E-state index in [1.807, 2.05) is 6.92 Å². The second-order valence-corrected chi connectivity index (χ2v) is 7.50. The van der Waals surface area contributed by atoms with E-state index in [0.29, 0.717) is 25.9 Å². The van der Waals surface area contributed by atoms with Crippen molar-refractivity contribution in [1.29, 1.82) is 0 Å². The van der Waals surface area contributed by atoms with Crippen LogP contribution in [0, 0.1) is 0 Å². The molecule has 0 aromatic rings. The molecular formula is C10H18N2O3S. The number of rotatable bonds is 1. The molecule has 1 unspecified atom stereocenters. The average molecular weight is 246 g/mol. The highest BCUT2D eigenvalue weighted by Crippen LogP contribution is 2.25. The van der Waals surface area contributed by atoms with E-state index in [9.17, 15) is 13.2 Å². The molecule has 2 fully saturated rings. The lowest BCUT2D eigenvalue weighted by Gasteiger charge is -2.46. The Bertz CT molecular complexity index is 394. The first-order valence-electron chi connectivity index (χ1n) is 5.61. The molecule has 0 aromatic carbocycles. The molecule has 0 aromatic heterocycles. The molecule has 6 heteroatoms. The summed E-state index contributed by atoms with van der Waals surface area (Å²) in [6.07, 6.45) is 1.98. The quantitative estimate of drug-likeness (QED) is 0.677. The van der Waals surface area contributed by atoms with Crippen LogP contribution in [0.2, 0.25) is 0 Å². The zero-order chi connectivity index (χ0) is 12.0. The van der Waals surface area contributed by atoms with E-state index in [2.05, 4.69) is 0 Å². The van der Waals surface area contributed by atoms with Crippen LogP contribution in [-0.4, -0.2) is 48.9 Å². The van der Waals surface area contributed by atoms with E-state index in [-0.39, 0.29) is 17.2 Å². The lowest BCUT2D eigenvalue weighted by atomic mass is 9.93. The van der Waals surface area contributed by atoms with Gasteiger partial charge in [-0.25, -0.2) is 8.42 Å². The molecule has 2 aliphatic heterocycles. The van der Waals surface area contributed by atoms with Crippen molar-refractivity contribution in [2.45, 2.75) is 37.0 Å². The molecule has 2 saturated heterocycles. The highest BCUT2D eigenvalue weighted by Gasteiger charge is 2.44. The minimum Gasteiger partial charge on any atom is -0.338 e. The molecule has 2 rings (SSSR count). The number of amides is 1. The first-order valence-corrected chi connectivity index (χ1v) is 7.33. The van der Waals surface area contributed by atoms with Gasteiger partial charge in [-0.05, 0) is 19.8 Å². The third-order valence-electron chi connectivity index (χ3n) is 3.27. The number of carbonyl (C=O) groups excluding carboxylic acids is 1. The number of sulfone groups is 1. The predicted molar refractivity (Wildman–Crippen MR) is 60.6 cm³/mol. The predicted octanol–water partition coefficient (Wildman–Crippen LogP) is -0.487. The first kappa shape index (κ1) is 11.9. The van der Waals surface area contributed by atoms with Crippen LogP contribution in [-0.2, 0) is 14.6 Å². The summed E-state index contributed by atoms with van der Waals surface area (Å²) in [6.45, 7) is 2.81. The summed E-state index contributed by atoms with van der Waals surface area (Å²) >= 11 is 0. The molecule has 1 atom stereocenters. The van der Waals surface area contributed by atoms with Crippen molar-refractivity contribution < 1.29 is 13.2 Å². The van der Waals surface area contributed by atoms with E-state index in [4.69, 9.17) is 5.73 Å². The maximum absolute atomic E-state index is 12.0. The Labute approximate surface area is 95.9 Å². The number of nitrogens with zero attached hydrogens (tertiary/aromatic N) is 1. The SMILES string of the molecule is CC1(N)CN(C(=O)C2CCCCS2(=O)=O)C1. The standard InChI is InChI=1S/C10H18N2O3S/c1-10(11)6-12(7-10)9(13)8-4-2-3-5-16(8,14)15/h8H,2-7,11H2,1H3. The van der Waals surface area contributed by atoms with Crippen molar-refractivity contribution in [1.82, 2.24) is 4.90 Å². The van der Waals surface area contributed by atoms with Gasteiger partial charge in [0.25, 0.3) is 0 Å². The van der Waals surface area contributed by atoms with Gasteiger partial charge in [-0.2, -0.15) is 0 Å². The average Bonchev–Trinajstić information content (AvgIpc) is 2.12. The topological polar surface area (TPSA) is 80.5 Å². The van der Waals surface area contributed by atoms with Crippen LogP contribution >= 0.6 is 0 Å². The van der Waals surface area contributed by atoms with Gasteiger partial charge in [0, 0.05) is 18.6 Å². The van der Waals surface area contributed by atoms with Crippen molar-refractivity contribution in [3.05, 3.63) is 0 Å². The van der Waals surface area contributed by atoms with Crippen LogP contribution in [0.4, 0.5) is 0 Å². The van der Waals surface area contributed by atoms with Gasteiger partial charge >= 0.3 is 0 Å². The second kappa shape index (κ2) is 3.70. The van der Waals surface area contributed by atoms with Crippen molar-refractivity contribution >= 4 is 15.7 Å². The number of nitrogens with two attached hydrogens (primary N) is 1. The van der Waals surface area contributed by atoms with Gasteiger partial charge in [0.05, 0.1) is 5.75 Å². The summed E-state index contributed by atoms with van der Waals surface area (Å²) in [5.74, 6) is -0.0976. The Morgan fingerprint density at radius 1 is 1.38 bits per heavy atom. The Kier molecular flexibility index (Phi) is 2.74. The molecule has 0 aliphatic carbocycles. The summed E-state index contributed by atoms with van der Waals surface area (Å²) in [5.41, 5.74) is 5.46. The van der Waals surface area contributed by atoms with Crippen molar-refractivity contribution in [3.63, 3.8) is 0 Å². The van der Waals surface area contributed by atoms with Gasteiger partial charge in [0.2, 0.25) is 5.91 Å². The molecular weight excluding hydrogens is 228 g/mol. The van der Waals surface area contributed by atoms with E-state index >= 15 is 0 Å². The van der Waals surface area contributed by atoms with Crippen molar-refractivity contribution in [2.24, 2.45) is 5.73 Å². The zero-order valence-corrected chi connectivity index (χ0v) is 10.3. The lowest BCUT2D eigenvalue weighted by molar-refractivity contribution is -0.137. The van der Waals surface area contributed by atoms with Crippen molar-refractivity contribution in [3.8, 4) is 0 Å². The third-order valence-corrected chi connectivity index (χ3v) is 5.43. The summed E-state index contributed by atoms with van der Waals surface area (Å²) in [6, 6.07) is 0. The van der Waals surface area contributed by atoms with Crippen LogP contribution < -0.4 is 5.73 Å². The van der Waals surface area contributed by atoms with Crippen LogP contribution in [0.25, 0.3) is 0 Å². The van der Waals surface area contributed by atoms with Gasteiger partial charge in [-0.1, -0.05) is 6.42 Å². The summed E-state index contributed by atoms with van der Waals surface area (Å²) < 4.78 is 23.5. The molecule has 5 nitrogen and oxygen atoms in total. The first-order chi connectivity index (χ1) is 7.32. The fraction of sp³-hybridized carbons (Fsp3) is 0.900. The molecule has 0 radical (unpaired) electrons. The fourth-order valence-electron chi connectivity index (χ4n) is 2.42. The van der Waals surface area contributed by atoms with Gasteiger partial charge in [0.1, 0.15) is 5.25 Å². The van der Waals surface area contributed by atoms with Crippen LogP contribution in [0.15, 0.2) is 0 Å². The van der Waals surface area contributed by atoms with E-state index < -0.39 is 15.1 Å². The maximum Gasteiger partial charge on any atom is 0.241 e. The van der Waals surface area contributed by atoms with Crippen LogP contribution in [0.1, 0.15) is 26.2 Å². The number of hydrogen-bond donors (Lipinski definition) is 1. The number of carbonyl (C=O) groups is 1. The Morgan fingerprint density at radius 2 is 2.00 bits per heavy atom. The molecule has 2 N–H and O–H groups in total. The summed E-state index contributed by atoms with van der Waals surface area (Å²) in [7, 11) is -3.21. The molecule has 0 bridgehead atoms. The second-order valence-electron chi connectivity index (χ2n) is 5.20. The van der Waals surface area contributed by atoms with E-state index in [1.165, 1.54) is 0 Å². The zero-order valence-electron chi connectivity index (χ0n) is 9.48. The van der Waals surface area contributed by atoms with Gasteiger partial charge in [-0.15, -0.1) is 0 Å². The maximum atomic E-state index is 12.0. The summed E-state index contributed by atoms with van der Waals surface area (Å²) in [5, 5.41) is -0.808. The smallest absolute Gasteiger partial charge is 0.241 e. The molecule has 1 amide bonds. The third kappa shape index (κ3) is 2.08. The van der Waals surface area contributed by atoms with Crippen LogP contribution in [0.3, 0.4) is 0 Å². The largest absolute Gasteiger partial charge is 0.338 e. The highest BCUT2D eigenvalue weighted by atomic mass is 32.2. The lowest BCUT2D eigenvalue weighted by Crippen LogP contribution is -2.68. The van der Waals surface area contributed by atoms with Gasteiger partial charge in [0.15, 0.2) is 9.84 Å². The van der Waals surface area contributed by atoms with E-state index in [0.717, 1.165) is 6.42 Å². The molecule has 2 aliphatic rings. The summed E-state index contributed by atoms with van der Waals surface area (Å²) in [4.78, 5) is 13.5. The normalized spacial score (nSPS) is 31.9. The molecule has 92 valence electrons. The van der Waals surface area contributed by atoms with Crippen LogP contribution in [0.5, 0.6) is 0 Å². The Hall–Kier alpha value is -0.620. The fourth-order valence-corrected chi connectivity index (χ4v) is 4.29. The van der Waals surface area contributed by atoms with Gasteiger partial charge in [-0.3, -0.25) is 4.79 Å². The van der Waals surface area contributed by atoms with Crippen molar-refractivity contribution in [2.75, 3.05) is 18.8 Å². The minimum absolute atomic E-state index is 0.150. The Balaban J connectivity index is 2.05. The highest BCUT2D eigenvalue weighted by molar-refractivity contribution is 7.92. The molecule has 0 spiro atoms. The molecule has 2 heterocycles.